The average Bonchev–Trinajstić information content (AvgIpc) is 2.81. The van der Waals surface area contributed by atoms with Crippen molar-refractivity contribution in [2.24, 2.45) is 4.99 Å². The number of aliphatic imine (C=N–C) groups is 1. The molecule has 3 aromatic rings. The maximum Gasteiger partial charge on any atom is 0.323 e. The van der Waals surface area contributed by atoms with E-state index in [0.29, 0.717) is 17.1 Å². The Morgan fingerprint density at radius 2 is 1.87 bits per heavy atom. The molecule has 31 heavy (non-hydrogen) atoms. The van der Waals surface area contributed by atoms with Gasteiger partial charge in [0.1, 0.15) is 5.75 Å². The third-order valence-corrected chi connectivity index (χ3v) is 4.95. The summed E-state index contributed by atoms with van der Waals surface area (Å²) in [4.78, 5) is 21.2. The summed E-state index contributed by atoms with van der Waals surface area (Å²) in [6.45, 7) is 0.840. The van der Waals surface area contributed by atoms with E-state index in [2.05, 4.69) is 21.7 Å². The number of hydrogen-bond acceptors (Lipinski definition) is 4. The van der Waals surface area contributed by atoms with Gasteiger partial charge in [-0.3, -0.25) is 9.98 Å². The molecule has 0 radical (unpaired) electrons. The van der Waals surface area contributed by atoms with Crippen LogP contribution in [0.4, 0.5) is 16.2 Å². The summed E-state index contributed by atoms with van der Waals surface area (Å²) >= 11 is 0. The van der Waals surface area contributed by atoms with Crippen LogP contribution < -0.4 is 15.4 Å². The van der Waals surface area contributed by atoms with Gasteiger partial charge in [-0.2, -0.15) is 0 Å². The molecule has 2 heterocycles. The minimum Gasteiger partial charge on any atom is -0.497 e. The molecule has 0 atom stereocenters. The van der Waals surface area contributed by atoms with E-state index < -0.39 is 0 Å². The zero-order valence-corrected chi connectivity index (χ0v) is 17.3. The quantitative estimate of drug-likeness (QED) is 0.589. The van der Waals surface area contributed by atoms with E-state index >= 15 is 0 Å². The van der Waals surface area contributed by atoms with E-state index in [1.165, 1.54) is 5.57 Å². The third kappa shape index (κ3) is 5.36. The normalized spacial score (nSPS) is 14.6. The molecular weight excluding hydrogens is 388 g/mol. The van der Waals surface area contributed by atoms with Crippen molar-refractivity contribution in [2.45, 2.75) is 12.8 Å². The standard InChI is InChI=1S/C25H24N4O2/c1-31-23-8-2-7-22(16-23)29-25(30)28-21-11-9-18(10-12-21)15-19-5-4-14-27-24(19)20-6-3-13-26-17-20/h2-3,6-13,15-17H,4-5,14H2,1H3,(H2,28,29,30)/b19-15+. The first-order valence-corrected chi connectivity index (χ1v) is 10.2. The molecular formula is C25H24N4O2. The molecule has 0 spiro atoms. The number of amides is 2. The van der Waals surface area contributed by atoms with Gasteiger partial charge >= 0.3 is 6.03 Å². The maximum absolute atomic E-state index is 12.3. The molecule has 6 nitrogen and oxygen atoms in total. The number of pyridine rings is 1. The smallest absolute Gasteiger partial charge is 0.323 e. The Morgan fingerprint density at radius 1 is 1.03 bits per heavy atom. The van der Waals surface area contributed by atoms with Gasteiger partial charge in [-0.1, -0.05) is 18.2 Å². The number of nitrogens with zero attached hydrogens (tertiary/aromatic N) is 2. The molecule has 156 valence electrons. The molecule has 4 rings (SSSR count). The average molecular weight is 412 g/mol. The van der Waals surface area contributed by atoms with E-state index in [1.807, 2.05) is 60.8 Å². The largest absolute Gasteiger partial charge is 0.497 e. The lowest BCUT2D eigenvalue weighted by atomic mass is 9.95. The van der Waals surface area contributed by atoms with Crippen LogP contribution in [-0.4, -0.2) is 30.4 Å². The van der Waals surface area contributed by atoms with E-state index in [-0.39, 0.29) is 6.03 Å². The van der Waals surface area contributed by atoms with Crippen molar-refractivity contribution < 1.29 is 9.53 Å². The van der Waals surface area contributed by atoms with Gasteiger partial charge in [-0.15, -0.1) is 0 Å². The molecule has 2 amide bonds. The van der Waals surface area contributed by atoms with E-state index in [9.17, 15) is 4.79 Å². The number of ether oxygens (including phenoxy) is 1. The van der Waals surface area contributed by atoms with Gasteiger partial charge in [0.15, 0.2) is 0 Å². The zero-order chi connectivity index (χ0) is 21.5. The highest BCUT2D eigenvalue weighted by molar-refractivity contribution is 6.15. The lowest BCUT2D eigenvalue weighted by Crippen LogP contribution is -2.19. The monoisotopic (exact) mass is 412 g/mol. The van der Waals surface area contributed by atoms with Crippen molar-refractivity contribution in [1.82, 2.24) is 4.98 Å². The molecule has 2 N–H and O–H groups in total. The van der Waals surface area contributed by atoms with Gasteiger partial charge in [0.2, 0.25) is 0 Å². The summed E-state index contributed by atoms with van der Waals surface area (Å²) < 4.78 is 5.18. The second-order valence-electron chi connectivity index (χ2n) is 7.18. The van der Waals surface area contributed by atoms with E-state index in [4.69, 9.17) is 9.73 Å². The molecule has 1 aliphatic rings. The van der Waals surface area contributed by atoms with Crippen molar-refractivity contribution in [3.05, 3.63) is 89.8 Å². The number of urea groups is 1. The third-order valence-electron chi connectivity index (χ3n) is 4.95. The highest BCUT2D eigenvalue weighted by atomic mass is 16.5. The van der Waals surface area contributed by atoms with E-state index in [0.717, 1.165) is 36.2 Å². The van der Waals surface area contributed by atoms with Gasteiger partial charge in [0.05, 0.1) is 12.8 Å². The zero-order valence-electron chi connectivity index (χ0n) is 17.3. The van der Waals surface area contributed by atoms with Crippen LogP contribution in [0.2, 0.25) is 0 Å². The SMILES string of the molecule is COc1cccc(NC(=O)Nc2ccc(/C=C3\CCCN=C3c3cccnc3)cc2)c1. The number of hydrogen-bond donors (Lipinski definition) is 2. The van der Waals surface area contributed by atoms with Crippen molar-refractivity contribution in [3.63, 3.8) is 0 Å². The molecule has 6 heteroatoms. The van der Waals surface area contributed by atoms with Crippen LogP contribution in [0.5, 0.6) is 5.75 Å². The highest BCUT2D eigenvalue weighted by Crippen LogP contribution is 2.23. The number of carbonyl (C=O) groups is 1. The van der Waals surface area contributed by atoms with Gasteiger partial charge in [-0.05, 0) is 66.5 Å². The Morgan fingerprint density at radius 3 is 2.65 bits per heavy atom. The Bertz CT molecular complexity index is 1110. The number of aromatic nitrogens is 1. The summed E-state index contributed by atoms with van der Waals surface area (Å²) in [5.41, 5.74) is 5.70. The molecule has 0 bridgehead atoms. The van der Waals surface area contributed by atoms with Gasteiger partial charge in [0.25, 0.3) is 0 Å². The molecule has 2 aromatic carbocycles. The Kier molecular flexibility index (Phi) is 6.38. The van der Waals surface area contributed by atoms with Crippen LogP contribution in [0.1, 0.15) is 24.0 Å². The van der Waals surface area contributed by atoms with Crippen LogP contribution in [0.25, 0.3) is 6.08 Å². The Hall–Kier alpha value is -3.93. The predicted molar refractivity (Wildman–Crippen MR) is 125 cm³/mol. The van der Waals surface area contributed by atoms with Gasteiger partial charge in [0, 0.05) is 41.9 Å². The number of anilines is 2. The van der Waals surface area contributed by atoms with Crippen molar-refractivity contribution in [1.29, 1.82) is 0 Å². The minimum absolute atomic E-state index is 0.308. The predicted octanol–water partition coefficient (Wildman–Crippen LogP) is 5.40. The minimum atomic E-state index is -0.308. The summed E-state index contributed by atoms with van der Waals surface area (Å²) in [7, 11) is 1.59. The van der Waals surface area contributed by atoms with Crippen LogP contribution in [-0.2, 0) is 0 Å². The van der Waals surface area contributed by atoms with Crippen molar-refractivity contribution in [2.75, 3.05) is 24.3 Å². The fourth-order valence-corrected chi connectivity index (χ4v) is 3.46. The van der Waals surface area contributed by atoms with Crippen LogP contribution in [0.15, 0.2) is 83.6 Å². The molecule has 1 aromatic heterocycles. The van der Waals surface area contributed by atoms with Gasteiger partial charge in [-0.25, -0.2) is 4.79 Å². The maximum atomic E-state index is 12.3. The van der Waals surface area contributed by atoms with Gasteiger partial charge < -0.3 is 15.4 Å². The van der Waals surface area contributed by atoms with Crippen molar-refractivity contribution in [3.8, 4) is 5.75 Å². The first kappa shape index (κ1) is 20.3. The second-order valence-corrected chi connectivity index (χ2v) is 7.18. The highest BCUT2D eigenvalue weighted by Gasteiger charge is 2.14. The number of methoxy groups -OCH3 is 1. The Balaban J connectivity index is 1.43. The number of carbonyl (C=O) groups excluding carboxylic acids is 1. The molecule has 0 saturated carbocycles. The number of benzene rings is 2. The molecule has 0 unspecified atom stereocenters. The Labute approximate surface area is 181 Å². The summed E-state index contributed by atoms with van der Waals surface area (Å²) in [6.07, 6.45) is 7.81. The summed E-state index contributed by atoms with van der Waals surface area (Å²) in [5.74, 6) is 0.687. The first-order chi connectivity index (χ1) is 15.2. The fraction of sp³-hybridized carbons (Fsp3) is 0.160. The number of nitrogens with one attached hydrogen (secondary N) is 2. The molecule has 0 fully saturated rings. The molecule has 0 aliphatic carbocycles. The van der Waals surface area contributed by atoms with Crippen molar-refractivity contribution >= 4 is 29.2 Å². The van der Waals surface area contributed by atoms with Crippen LogP contribution in [0, 0.1) is 0 Å². The second kappa shape index (κ2) is 9.71. The summed E-state index contributed by atoms with van der Waals surface area (Å²) in [5, 5.41) is 5.66. The lowest BCUT2D eigenvalue weighted by Gasteiger charge is -2.16. The number of allylic oxidation sites excluding steroid dienone is 1. The lowest BCUT2D eigenvalue weighted by molar-refractivity contribution is 0.262. The van der Waals surface area contributed by atoms with Crippen LogP contribution in [0.3, 0.4) is 0 Å². The van der Waals surface area contributed by atoms with Crippen LogP contribution >= 0.6 is 0 Å². The fourth-order valence-electron chi connectivity index (χ4n) is 3.46. The summed E-state index contributed by atoms with van der Waals surface area (Å²) in [6, 6.07) is 18.6. The van der Waals surface area contributed by atoms with E-state index in [1.54, 1.807) is 19.4 Å². The first-order valence-electron chi connectivity index (χ1n) is 10.2. The molecule has 1 aliphatic heterocycles. The molecule has 0 saturated heterocycles. The number of rotatable bonds is 5. The topological polar surface area (TPSA) is 75.6 Å².